The van der Waals surface area contributed by atoms with Gasteiger partial charge < -0.3 is 8.85 Å². The third-order valence-electron chi connectivity index (χ3n) is 3.77. The molecule has 0 saturated heterocycles. The largest absolute Gasteiger partial charge is 0.394 e. The second-order valence-corrected chi connectivity index (χ2v) is 9.27. The first-order valence-electron chi connectivity index (χ1n) is 9.02. The lowest BCUT2D eigenvalue weighted by Crippen LogP contribution is -2.42. The molecular formula is C17H38O2Si. The molecule has 0 rings (SSSR count). The van der Waals surface area contributed by atoms with Gasteiger partial charge in [-0.3, -0.25) is 0 Å². The fourth-order valence-electron chi connectivity index (χ4n) is 2.50. The minimum atomic E-state index is -1.92. The van der Waals surface area contributed by atoms with E-state index < -0.39 is 8.56 Å². The maximum Gasteiger partial charge on any atom is 0.338 e. The third kappa shape index (κ3) is 9.95. The molecule has 0 aliphatic rings. The fraction of sp³-hybridized carbons (Fsp3) is 1.00. The Morgan fingerprint density at radius 1 is 0.550 bits per heavy atom. The summed E-state index contributed by atoms with van der Waals surface area (Å²) in [7, 11) is -1.92. The molecule has 0 heterocycles. The summed E-state index contributed by atoms with van der Waals surface area (Å²) in [5.74, 6) is 0. The number of hydrogen-bond acceptors (Lipinski definition) is 2. The van der Waals surface area contributed by atoms with Crippen molar-refractivity contribution in [2.75, 3.05) is 13.2 Å². The topological polar surface area (TPSA) is 18.5 Å². The normalized spacial score (nSPS) is 12.0. The summed E-state index contributed by atoms with van der Waals surface area (Å²) in [6.07, 6.45) is 11.2. The van der Waals surface area contributed by atoms with Gasteiger partial charge >= 0.3 is 8.56 Å². The van der Waals surface area contributed by atoms with E-state index in [4.69, 9.17) is 8.85 Å². The van der Waals surface area contributed by atoms with Gasteiger partial charge in [-0.05, 0) is 24.9 Å². The van der Waals surface area contributed by atoms with Gasteiger partial charge in [0.25, 0.3) is 0 Å². The quantitative estimate of drug-likeness (QED) is 0.271. The van der Waals surface area contributed by atoms with Crippen molar-refractivity contribution >= 4 is 8.56 Å². The van der Waals surface area contributed by atoms with E-state index in [-0.39, 0.29) is 0 Å². The van der Waals surface area contributed by atoms with E-state index in [0.29, 0.717) is 0 Å². The van der Waals surface area contributed by atoms with E-state index in [0.717, 1.165) is 13.2 Å². The highest BCUT2D eigenvalue weighted by Crippen LogP contribution is 2.25. The first-order chi connectivity index (χ1) is 9.74. The van der Waals surface area contributed by atoms with Gasteiger partial charge in [0.2, 0.25) is 0 Å². The van der Waals surface area contributed by atoms with E-state index in [1.807, 2.05) is 0 Å². The molecule has 0 atom stereocenters. The van der Waals surface area contributed by atoms with Crippen LogP contribution in [0.5, 0.6) is 0 Å². The molecule has 2 nitrogen and oxygen atoms in total. The summed E-state index contributed by atoms with van der Waals surface area (Å²) in [5, 5.41) is 0. The standard InChI is InChI=1S/C17H38O2Si/c1-5-9-12-14-18-20(16-8-4,17-11-7-3)19-15-13-10-6-2/h5-17H2,1-4H3. The molecule has 0 aromatic heterocycles. The van der Waals surface area contributed by atoms with Crippen LogP contribution < -0.4 is 0 Å². The average molecular weight is 303 g/mol. The van der Waals surface area contributed by atoms with Crippen LogP contribution in [0.3, 0.4) is 0 Å². The molecule has 0 amide bonds. The van der Waals surface area contributed by atoms with Gasteiger partial charge in [0.15, 0.2) is 0 Å². The van der Waals surface area contributed by atoms with Crippen LogP contribution in [0.1, 0.15) is 85.5 Å². The summed E-state index contributed by atoms with van der Waals surface area (Å²) in [4.78, 5) is 0. The molecule has 0 aromatic rings. The Morgan fingerprint density at radius 3 is 1.45 bits per heavy atom. The number of hydrogen-bond donors (Lipinski definition) is 0. The second kappa shape index (κ2) is 14.1. The summed E-state index contributed by atoms with van der Waals surface area (Å²) in [6, 6.07) is 2.36. The van der Waals surface area contributed by atoms with Gasteiger partial charge in [0.1, 0.15) is 0 Å². The highest BCUT2D eigenvalue weighted by Gasteiger charge is 2.35. The van der Waals surface area contributed by atoms with Crippen molar-refractivity contribution in [1.82, 2.24) is 0 Å². The Labute approximate surface area is 128 Å². The van der Waals surface area contributed by atoms with Crippen LogP contribution >= 0.6 is 0 Å². The number of unbranched alkanes of at least 4 members (excludes halogenated alkanes) is 5. The summed E-state index contributed by atoms with van der Waals surface area (Å²) in [5.41, 5.74) is 0. The zero-order valence-electron chi connectivity index (χ0n) is 14.5. The molecule has 0 bridgehead atoms. The molecule has 0 aromatic carbocycles. The Hall–Kier alpha value is 0.137. The van der Waals surface area contributed by atoms with Gasteiger partial charge in [-0.25, -0.2) is 0 Å². The second-order valence-electron chi connectivity index (χ2n) is 5.88. The van der Waals surface area contributed by atoms with Crippen molar-refractivity contribution in [2.24, 2.45) is 0 Å². The van der Waals surface area contributed by atoms with Crippen molar-refractivity contribution < 1.29 is 8.85 Å². The zero-order chi connectivity index (χ0) is 15.1. The highest BCUT2D eigenvalue weighted by atomic mass is 28.4. The van der Waals surface area contributed by atoms with Crippen molar-refractivity contribution in [3.8, 4) is 0 Å². The lowest BCUT2D eigenvalue weighted by atomic mass is 10.3. The predicted molar refractivity (Wildman–Crippen MR) is 91.5 cm³/mol. The molecule has 0 N–H and O–H groups in total. The van der Waals surface area contributed by atoms with Crippen LogP contribution in [0.2, 0.25) is 12.1 Å². The zero-order valence-corrected chi connectivity index (χ0v) is 15.5. The molecule has 0 aliphatic heterocycles. The highest BCUT2D eigenvalue weighted by molar-refractivity contribution is 6.67. The van der Waals surface area contributed by atoms with Gasteiger partial charge in [-0.1, -0.05) is 72.6 Å². The van der Waals surface area contributed by atoms with Crippen molar-refractivity contribution in [3.05, 3.63) is 0 Å². The van der Waals surface area contributed by atoms with Crippen LogP contribution in [-0.2, 0) is 8.85 Å². The molecule has 0 radical (unpaired) electrons. The lowest BCUT2D eigenvalue weighted by Gasteiger charge is -2.31. The first kappa shape index (κ1) is 20.1. The van der Waals surface area contributed by atoms with Gasteiger partial charge in [0.05, 0.1) is 0 Å². The monoisotopic (exact) mass is 302 g/mol. The molecule has 0 spiro atoms. The van der Waals surface area contributed by atoms with Gasteiger partial charge in [-0.15, -0.1) is 0 Å². The van der Waals surface area contributed by atoms with Crippen LogP contribution in [-0.4, -0.2) is 21.8 Å². The fourth-order valence-corrected chi connectivity index (χ4v) is 6.10. The minimum absolute atomic E-state index is 0.914. The molecule has 3 heteroatoms. The maximum absolute atomic E-state index is 6.37. The molecular weight excluding hydrogens is 264 g/mol. The Kier molecular flexibility index (Phi) is 14.2. The van der Waals surface area contributed by atoms with Crippen molar-refractivity contribution in [2.45, 2.75) is 97.6 Å². The van der Waals surface area contributed by atoms with E-state index >= 15 is 0 Å². The SMILES string of the molecule is CCCCCO[Si](CCC)(CCCC)OCCCCC. The van der Waals surface area contributed by atoms with Gasteiger partial charge in [0, 0.05) is 13.2 Å². The van der Waals surface area contributed by atoms with Crippen molar-refractivity contribution in [1.29, 1.82) is 0 Å². The van der Waals surface area contributed by atoms with E-state index in [2.05, 4.69) is 27.7 Å². The van der Waals surface area contributed by atoms with Gasteiger partial charge in [-0.2, -0.15) is 0 Å². The smallest absolute Gasteiger partial charge is 0.338 e. The van der Waals surface area contributed by atoms with E-state index in [1.54, 1.807) is 0 Å². The predicted octanol–water partition coefficient (Wildman–Crippen LogP) is 6.05. The first-order valence-corrected chi connectivity index (χ1v) is 11.3. The number of rotatable bonds is 15. The third-order valence-corrected chi connectivity index (χ3v) is 7.61. The van der Waals surface area contributed by atoms with Crippen LogP contribution in [0.4, 0.5) is 0 Å². The maximum atomic E-state index is 6.37. The molecule has 0 unspecified atom stereocenters. The summed E-state index contributed by atoms with van der Waals surface area (Å²) < 4.78 is 12.7. The van der Waals surface area contributed by atoms with E-state index in [1.165, 1.54) is 69.9 Å². The molecule has 20 heavy (non-hydrogen) atoms. The molecule has 122 valence electrons. The molecule has 0 aliphatic carbocycles. The Bertz CT molecular complexity index is 185. The van der Waals surface area contributed by atoms with Crippen molar-refractivity contribution in [3.63, 3.8) is 0 Å². The average Bonchev–Trinajstić information content (AvgIpc) is 2.46. The van der Waals surface area contributed by atoms with Crippen LogP contribution in [0.25, 0.3) is 0 Å². The molecule has 0 fully saturated rings. The summed E-state index contributed by atoms with van der Waals surface area (Å²) >= 11 is 0. The molecule has 0 saturated carbocycles. The van der Waals surface area contributed by atoms with E-state index in [9.17, 15) is 0 Å². The lowest BCUT2D eigenvalue weighted by molar-refractivity contribution is 0.160. The Morgan fingerprint density at radius 2 is 1.05 bits per heavy atom. The Balaban J connectivity index is 4.32. The minimum Gasteiger partial charge on any atom is -0.394 e. The van der Waals surface area contributed by atoms with Crippen LogP contribution in [0.15, 0.2) is 0 Å². The van der Waals surface area contributed by atoms with Crippen LogP contribution in [0, 0.1) is 0 Å². The summed E-state index contributed by atoms with van der Waals surface area (Å²) in [6.45, 7) is 10.8.